The topological polar surface area (TPSA) is 54.9 Å². The number of hydrogen-bond donors (Lipinski definition) is 0. The molecule has 0 radical (unpaired) electrons. The first-order chi connectivity index (χ1) is 15.1. The second-order valence-corrected chi connectivity index (χ2v) is 8.94. The molecule has 0 bridgehead atoms. The zero-order chi connectivity index (χ0) is 21.6. The summed E-state index contributed by atoms with van der Waals surface area (Å²) in [7, 11) is 0. The van der Waals surface area contributed by atoms with Crippen molar-refractivity contribution in [2.24, 2.45) is 0 Å². The van der Waals surface area contributed by atoms with Gasteiger partial charge in [-0.2, -0.15) is 0 Å². The minimum Gasteiger partial charge on any atom is -0.481 e. The fourth-order valence-corrected chi connectivity index (χ4v) is 4.87. The predicted octanol–water partition coefficient (Wildman–Crippen LogP) is 4.32. The number of fused-ring (bicyclic) bond motifs is 1. The summed E-state index contributed by atoms with van der Waals surface area (Å²) in [5.41, 5.74) is 0.858. The molecule has 0 unspecified atom stereocenters. The second-order valence-electron chi connectivity index (χ2n) is 7.05. The highest BCUT2D eigenvalue weighted by atomic mass is 35.5. The van der Waals surface area contributed by atoms with E-state index in [1.807, 2.05) is 18.4 Å². The van der Waals surface area contributed by atoms with Crippen molar-refractivity contribution in [2.75, 3.05) is 57.2 Å². The molecule has 1 saturated heterocycles. The molecule has 32 heavy (non-hydrogen) atoms. The lowest BCUT2D eigenvalue weighted by Gasteiger charge is -2.29. The quantitative estimate of drug-likeness (QED) is 0.432. The lowest BCUT2D eigenvalue weighted by atomic mass is 10.3. The number of rotatable bonds is 8. The van der Waals surface area contributed by atoms with Crippen molar-refractivity contribution in [1.82, 2.24) is 9.88 Å². The average molecular weight is 498 g/mol. The van der Waals surface area contributed by atoms with Crippen molar-refractivity contribution >= 4 is 56.8 Å². The van der Waals surface area contributed by atoms with E-state index in [0.29, 0.717) is 31.4 Å². The zero-order valence-corrected chi connectivity index (χ0v) is 20.1. The maximum Gasteiger partial charge on any atom is 0.266 e. The number of carbonyl (C=O) groups is 1. The number of benzene rings is 2. The number of hydrogen-bond acceptors (Lipinski definition) is 7. The number of aromatic nitrogens is 1. The third-order valence-electron chi connectivity index (χ3n) is 5.05. The van der Waals surface area contributed by atoms with Crippen LogP contribution in [0.1, 0.15) is 0 Å². The minimum atomic E-state index is -0.486. The Bertz CT molecular complexity index is 1050. The number of anilines is 1. The molecule has 1 aliphatic heterocycles. The summed E-state index contributed by atoms with van der Waals surface area (Å²) in [6.45, 7) is 4.01. The largest absolute Gasteiger partial charge is 0.481 e. The zero-order valence-electron chi connectivity index (χ0n) is 17.7. The number of morpholine rings is 1. The summed E-state index contributed by atoms with van der Waals surface area (Å²) < 4.78 is 25.8. The van der Waals surface area contributed by atoms with Gasteiger partial charge in [-0.15, -0.1) is 24.2 Å². The number of nitrogens with zero attached hydrogens (tertiary/aromatic N) is 3. The van der Waals surface area contributed by atoms with Crippen LogP contribution in [0.25, 0.3) is 10.2 Å². The summed E-state index contributed by atoms with van der Waals surface area (Å²) in [5, 5.41) is 0.628. The molecule has 0 aliphatic carbocycles. The van der Waals surface area contributed by atoms with Crippen LogP contribution in [0.3, 0.4) is 0 Å². The van der Waals surface area contributed by atoms with Crippen LogP contribution in [0.4, 0.5) is 9.52 Å². The molecule has 2 heterocycles. The second kappa shape index (κ2) is 11.8. The Labute approximate surface area is 201 Å². The van der Waals surface area contributed by atoms with Crippen LogP contribution in [0.15, 0.2) is 47.4 Å². The van der Waals surface area contributed by atoms with Gasteiger partial charge in [-0.25, -0.2) is 9.37 Å². The number of para-hydroxylation sites is 1. The number of amides is 1. The maximum absolute atomic E-state index is 13.9. The van der Waals surface area contributed by atoms with Gasteiger partial charge in [-0.1, -0.05) is 23.5 Å². The average Bonchev–Trinajstić information content (AvgIpc) is 3.22. The Morgan fingerprint density at radius 2 is 2.06 bits per heavy atom. The molecular formula is C22H25ClFN3O3S2. The molecule has 0 saturated carbocycles. The Hall–Kier alpha value is -1.91. The number of ether oxygens (including phenoxy) is 2. The Morgan fingerprint density at radius 3 is 2.81 bits per heavy atom. The normalized spacial score (nSPS) is 14.2. The van der Waals surface area contributed by atoms with Gasteiger partial charge in [-0.3, -0.25) is 14.6 Å². The monoisotopic (exact) mass is 497 g/mol. The fourth-order valence-electron chi connectivity index (χ4n) is 3.31. The van der Waals surface area contributed by atoms with Crippen LogP contribution in [0.5, 0.6) is 5.75 Å². The van der Waals surface area contributed by atoms with Crippen LogP contribution < -0.4 is 9.64 Å². The molecule has 1 aromatic heterocycles. The van der Waals surface area contributed by atoms with E-state index in [1.54, 1.807) is 28.8 Å². The Morgan fingerprint density at radius 1 is 1.28 bits per heavy atom. The molecule has 1 fully saturated rings. The van der Waals surface area contributed by atoms with Gasteiger partial charge in [0.05, 0.1) is 23.4 Å². The molecule has 0 N–H and O–H groups in total. The van der Waals surface area contributed by atoms with Crippen LogP contribution in [-0.4, -0.2) is 68.0 Å². The highest BCUT2D eigenvalue weighted by molar-refractivity contribution is 7.98. The lowest BCUT2D eigenvalue weighted by molar-refractivity contribution is -0.120. The molecule has 6 nitrogen and oxygen atoms in total. The van der Waals surface area contributed by atoms with E-state index in [9.17, 15) is 9.18 Å². The molecule has 3 aromatic rings. The van der Waals surface area contributed by atoms with E-state index in [0.717, 1.165) is 28.2 Å². The highest BCUT2D eigenvalue weighted by Gasteiger charge is 2.22. The number of carbonyl (C=O) groups excluding carboxylic acids is 1. The van der Waals surface area contributed by atoms with Gasteiger partial charge in [0.15, 0.2) is 23.3 Å². The van der Waals surface area contributed by atoms with Crippen molar-refractivity contribution in [3.63, 3.8) is 0 Å². The van der Waals surface area contributed by atoms with E-state index in [4.69, 9.17) is 9.47 Å². The summed E-state index contributed by atoms with van der Waals surface area (Å²) in [6.07, 6.45) is 2.03. The van der Waals surface area contributed by atoms with Crippen molar-refractivity contribution < 1.29 is 18.7 Å². The molecule has 172 valence electrons. The van der Waals surface area contributed by atoms with E-state index >= 15 is 0 Å². The van der Waals surface area contributed by atoms with Gasteiger partial charge in [0.2, 0.25) is 0 Å². The smallest absolute Gasteiger partial charge is 0.266 e. The number of thiazole rings is 1. The number of halogens is 2. The van der Waals surface area contributed by atoms with E-state index in [2.05, 4.69) is 16.0 Å². The van der Waals surface area contributed by atoms with Gasteiger partial charge in [-0.05, 0) is 36.6 Å². The summed E-state index contributed by atoms with van der Waals surface area (Å²) >= 11 is 3.15. The van der Waals surface area contributed by atoms with E-state index < -0.39 is 5.82 Å². The van der Waals surface area contributed by atoms with Gasteiger partial charge in [0.1, 0.15) is 0 Å². The highest BCUT2D eigenvalue weighted by Crippen LogP contribution is 2.31. The molecular weight excluding hydrogens is 473 g/mol. The standard InChI is InChI=1S/C22H24FN3O3S2.ClH/c1-30-16-6-7-18-20(14-16)31-22(24-18)26(9-8-25-10-12-28-13-11-25)21(27)15-29-19-5-3-2-4-17(19)23;/h2-7,14H,8-13,15H2,1H3;1H. The molecule has 10 heteroatoms. The van der Waals surface area contributed by atoms with Gasteiger partial charge >= 0.3 is 0 Å². The van der Waals surface area contributed by atoms with Crippen molar-refractivity contribution in [3.05, 3.63) is 48.3 Å². The minimum absolute atomic E-state index is 0. The Balaban J connectivity index is 0.00000289. The van der Waals surface area contributed by atoms with E-state index in [1.165, 1.54) is 23.5 Å². The summed E-state index contributed by atoms with van der Waals surface area (Å²) in [4.78, 5) is 22.9. The molecule has 1 aliphatic rings. The Kier molecular flexibility index (Phi) is 9.12. The summed E-state index contributed by atoms with van der Waals surface area (Å²) in [6, 6.07) is 12.2. The molecule has 1 amide bonds. The third kappa shape index (κ3) is 6.11. The van der Waals surface area contributed by atoms with Crippen molar-refractivity contribution in [3.8, 4) is 5.75 Å². The molecule has 0 spiro atoms. The van der Waals surface area contributed by atoms with Crippen LogP contribution in [0.2, 0.25) is 0 Å². The van der Waals surface area contributed by atoms with Crippen molar-refractivity contribution in [1.29, 1.82) is 0 Å². The fraction of sp³-hybridized carbons (Fsp3) is 0.364. The third-order valence-corrected chi connectivity index (χ3v) is 6.81. The van der Waals surface area contributed by atoms with Crippen molar-refractivity contribution in [2.45, 2.75) is 4.90 Å². The maximum atomic E-state index is 13.9. The molecule has 0 atom stereocenters. The van der Waals surface area contributed by atoms with Gasteiger partial charge in [0.25, 0.3) is 5.91 Å². The first-order valence-corrected chi connectivity index (χ1v) is 12.1. The molecule has 2 aromatic carbocycles. The SMILES string of the molecule is CSc1ccc2nc(N(CCN3CCOCC3)C(=O)COc3ccccc3F)sc2c1.Cl. The van der Waals surface area contributed by atoms with Crippen LogP contribution >= 0.6 is 35.5 Å². The van der Waals surface area contributed by atoms with Gasteiger partial charge in [0, 0.05) is 31.1 Å². The van der Waals surface area contributed by atoms with E-state index in [-0.39, 0.29) is 30.7 Å². The summed E-state index contributed by atoms with van der Waals surface area (Å²) in [5.74, 6) is -0.668. The van der Waals surface area contributed by atoms with Crippen LogP contribution in [-0.2, 0) is 9.53 Å². The van der Waals surface area contributed by atoms with Gasteiger partial charge < -0.3 is 9.47 Å². The molecule has 4 rings (SSSR count). The number of thioether (sulfide) groups is 1. The first-order valence-electron chi connectivity index (χ1n) is 10.1. The first kappa shape index (κ1) is 24.7. The van der Waals surface area contributed by atoms with Crippen LogP contribution in [0, 0.1) is 5.82 Å². The predicted molar refractivity (Wildman–Crippen MR) is 130 cm³/mol. The lowest BCUT2D eigenvalue weighted by Crippen LogP contribution is -2.44.